The maximum atomic E-state index is 13.2. The van der Waals surface area contributed by atoms with Crippen LogP contribution < -0.4 is 5.73 Å². The van der Waals surface area contributed by atoms with Crippen molar-refractivity contribution in [1.82, 2.24) is 4.90 Å². The highest BCUT2D eigenvalue weighted by Crippen LogP contribution is 2.32. The number of benzene rings is 2. The highest BCUT2D eigenvalue weighted by Gasteiger charge is 2.47. The Hall–Kier alpha value is -2.38. The molecule has 0 saturated heterocycles. The Morgan fingerprint density at radius 1 is 1.04 bits per heavy atom. The molecule has 0 bridgehead atoms. The van der Waals surface area contributed by atoms with Crippen molar-refractivity contribution in [3.8, 4) is 0 Å². The molecule has 0 aliphatic heterocycles. The van der Waals surface area contributed by atoms with Crippen LogP contribution in [0.25, 0.3) is 0 Å². The number of halogens is 3. The van der Waals surface area contributed by atoms with Crippen LogP contribution in [0, 0.1) is 0 Å². The highest BCUT2D eigenvalue weighted by molar-refractivity contribution is 5.82. The lowest BCUT2D eigenvalue weighted by Crippen LogP contribution is -2.55. The van der Waals surface area contributed by atoms with Gasteiger partial charge in [0.25, 0.3) is 0 Å². The molecule has 28 heavy (non-hydrogen) atoms. The first kappa shape index (κ1) is 21.9. The predicted molar refractivity (Wildman–Crippen MR) is 101 cm³/mol. The molecule has 1 atom stereocenters. The lowest BCUT2D eigenvalue weighted by Gasteiger charge is -2.40. The van der Waals surface area contributed by atoms with Gasteiger partial charge in [0.2, 0.25) is 0 Å². The van der Waals surface area contributed by atoms with E-state index in [0.717, 1.165) is 10.5 Å². The summed E-state index contributed by atoms with van der Waals surface area (Å²) in [5, 5.41) is 0. The van der Waals surface area contributed by atoms with E-state index < -0.39 is 23.7 Å². The van der Waals surface area contributed by atoms with E-state index in [0.29, 0.717) is 12.2 Å². The van der Waals surface area contributed by atoms with E-state index in [1.165, 1.54) is 0 Å². The molecule has 0 unspecified atom stereocenters. The van der Waals surface area contributed by atoms with Crippen molar-refractivity contribution >= 4 is 5.91 Å². The Kier molecular flexibility index (Phi) is 7.21. The molecule has 4 nitrogen and oxygen atoms in total. The summed E-state index contributed by atoms with van der Waals surface area (Å²) < 4.78 is 45.1. The maximum Gasteiger partial charge on any atom is 0.471 e. The average Bonchev–Trinajstić information content (AvgIpc) is 2.66. The SMILES string of the molecule is CC(C)(c1ccccc1)N(C[C@H](N)COCc1ccccc1)C(=O)C(F)(F)F. The molecule has 0 heterocycles. The van der Waals surface area contributed by atoms with Crippen molar-refractivity contribution < 1.29 is 22.7 Å². The fraction of sp³-hybridized carbons (Fsp3) is 0.381. The minimum absolute atomic E-state index is 0.0292. The van der Waals surface area contributed by atoms with Gasteiger partial charge >= 0.3 is 12.1 Å². The van der Waals surface area contributed by atoms with Crippen LogP contribution in [0.15, 0.2) is 60.7 Å². The fourth-order valence-corrected chi connectivity index (χ4v) is 2.91. The van der Waals surface area contributed by atoms with Crippen molar-refractivity contribution in [2.45, 2.75) is 38.2 Å². The highest BCUT2D eigenvalue weighted by atomic mass is 19.4. The van der Waals surface area contributed by atoms with Gasteiger partial charge < -0.3 is 15.4 Å². The maximum absolute atomic E-state index is 13.2. The van der Waals surface area contributed by atoms with E-state index in [1.807, 2.05) is 30.3 Å². The Morgan fingerprint density at radius 2 is 1.57 bits per heavy atom. The van der Waals surface area contributed by atoms with Gasteiger partial charge in [0.15, 0.2) is 0 Å². The monoisotopic (exact) mass is 394 g/mol. The van der Waals surface area contributed by atoms with Gasteiger partial charge in [-0.25, -0.2) is 0 Å². The van der Waals surface area contributed by atoms with Crippen LogP contribution in [0.4, 0.5) is 13.2 Å². The van der Waals surface area contributed by atoms with Crippen LogP contribution >= 0.6 is 0 Å². The van der Waals surface area contributed by atoms with E-state index in [4.69, 9.17) is 10.5 Å². The van der Waals surface area contributed by atoms with Crippen LogP contribution in [-0.2, 0) is 21.7 Å². The summed E-state index contributed by atoms with van der Waals surface area (Å²) in [6, 6.07) is 17.2. The van der Waals surface area contributed by atoms with Crippen LogP contribution in [0.1, 0.15) is 25.0 Å². The summed E-state index contributed by atoms with van der Waals surface area (Å²) in [7, 11) is 0. The number of amides is 1. The minimum Gasteiger partial charge on any atom is -0.375 e. The van der Waals surface area contributed by atoms with E-state index in [2.05, 4.69) is 0 Å². The third-order valence-corrected chi connectivity index (χ3v) is 4.50. The zero-order valence-electron chi connectivity index (χ0n) is 15.9. The number of hydrogen-bond donors (Lipinski definition) is 1. The van der Waals surface area contributed by atoms with Gasteiger partial charge in [-0.3, -0.25) is 4.79 Å². The molecule has 152 valence electrons. The van der Waals surface area contributed by atoms with Crippen molar-refractivity contribution in [3.05, 3.63) is 71.8 Å². The molecular formula is C21H25F3N2O2. The van der Waals surface area contributed by atoms with Gasteiger partial charge in [0, 0.05) is 12.6 Å². The average molecular weight is 394 g/mol. The molecule has 0 saturated carbocycles. The van der Waals surface area contributed by atoms with Crippen LogP contribution in [0.3, 0.4) is 0 Å². The summed E-state index contributed by atoms with van der Waals surface area (Å²) in [6.45, 7) is 3.19. The second-order valence-electron chi connectivity index (χ2n) is 7.10. The summed E-state index contributed by atoms with van der Waals surface area (Å²) in [5.74, 6) is -1.92. The topological polar surface area (TPSA) is 55.6 Å². The number of carbonyl (C=O) groups excluding carboxylic acids is 1. The number of alkyl halides is 3. The minimum atomic E-state index is -4.99. The van der Waals surface area contributed by atoms with Crippen LogP contribution in [0.5, 0.6) is 0 Å². The standard InChI is InChI=1S/C21H25F3N2O2/c1-20(2,17-11-7-4-8-12-17)26(19(27)21(22,23)24)13-18(25)15-28-14-16-9-5-3-6-10-16/h3-12,18H,13-15,25H2,1-2H3/t18-/m0/s1. The van der Waals surface area contributed by atoms with Crippen molar-refractivity contribution in [2.75, 3.05) is 13.2 Å². The number of rotatable bonds is 8. The lowest BCUT2D eigenvalue weighted by molar-refractivity contribution is -0.191. The van der Waals surface area contributed by atoms with Crippen molar-refractivity contribution in [3.63, 3.8) is 0 Å². The van der Waals surface area contributed by atoms with E-state index in [1.54, 1.807) is 44.2 Å². The van der Waals surface area contributed by atoms with E-state index >= 15 is 0 Å². The summed E-state index contributed by atoms with van der Waals surface area (Å²) in [4.78, 5) is 12.9. The molecule has 1 amide bonds. The smallest absolute Gasteiger partial charge is 0.375 e. The third kappa shape index (κ3) is 5.81. The quantitative estimate of drug-likeness (QED) is 0.740. The van der Waals surface area contributed by atoms with Gasteiger partial charge in [-0.1, -0.05) is 60.7 Å². The molecule has 0 radical (unpaired) electrons. The molecular weight excluding hydrogens is 369 g/mol. The molecule has 2 aromatic rings. The lowest BCUT2D eigenvalue weighted by atomic mass is 9.91. The summed E-state index contributed by atoms with van der Waals surface area (Å²) in [5.41, 5.74) is 6.34. The molecule has 7 heteroatoms. The van der Waals surface area contributed by atoms with Crippen LogP contribution in [0.2, 0.25) is 0 Å². The van der Waals surface area contributed by atoms with Gasteiger partial charge in [-0.15, -0.1) is 0 Å². The number of nitrogens with zero attached hydrogens (tertiary/aromatic N) is 1. The number of nitrogens with two attached hydrogens (primary N) is 1. The van der Waals surface area contributed by atoms with Crippen LogP contribution in [-0.4, -0.2) is 36.2 Å². The van der Waals surface area contributed by atoms with Gasteiger partial charge in [0.1, 0.15) is 0 Å². The zero-order valence-corrected chi connectivity index (χ0v) is 15.9. The Bertz CT molecular complexity index is 749. The number of hydrogen-bond acceptors (Lipinski definition) is 3. The first-order chi connectivity index (χ1) is 13.1. The van der Waals surface area contributed by atoms with Gasteiger partial charge in [-0.2, -0.15) is 13.2 Å². The second-order valence-corrected chi connectivity index (χ2v) is 7.10. The molecule has 2 rings (SSSR count). The largest absolute Gasteiger partial charge is 0.471 e. The van der Waals surface area contributed by atoms with Gasteiger partial charge in [-0.05, 0) is 25.0 Å². The Balaban J connectivity index is 2.10. The first-order valence-electron chi connectivity index (χ1n) is 8.94. The normalized spacial score (nSPS) is 13.2. The fourth-order valence-electron chi connectivity index (χ4n) is 2.91. The van der Waals surface area contributed by atoms with Gasteiger partial charge in [0.05, 0.1) is 18.8 Å². The summed E-state index contributed by atoms with van der Waals surface area (Å²) >= 11 is 0. The molecule has 0 fully saturated rings. The predicted octanol–water partition coefficient (Wildman–Crippen LogP) is 3.86. The number of carbonyl (C=O) groups is 1. The van der Waals surface area contributed by atoms with Crippen molar-refractivity contribution in [1.29, 1.82) is 0 Å². The molecule has 0 aliphatic rings. The first-order valence-corrected chi connectivity index (χ1v) is 8.94. The van der Waals surface area contributed by atoms with E-state index in [9.17, 15) is 18.0 Å². The second kappa shape index (κ2) is 9.21. The number of ether oxygens (including phenoxy) is 1. The summed E-state index contributed by atoms with van der Waals surface area (Å²) in [6.07, 6.45) is -4.99. The molecule has 0 aromatic heterocycles. The zero-order chi connectivity index (χ0) is 20.8. The molecule has 0 spiro atoms. The van der Waals surface area contributed by atoms with Crippen molar-refractivity contribution in [2.24, 2.45) is 5.73 Å². The molecule has 2 N–H and O–H groups in total. The van der Waals surface area contributed by atoms with E-state index in [-0.39, 0.29) is 13.2 Å². The molecule has 2 aromatic carbocycles. The molecule has 0 aliphatic carbocycles. The Morgan fingerprint density at radius 3 is 2.11 bits per heavy atom. The third-order valence-electron chi connectivity index (χ3n) is 4.50. The Labute approximate surface area is 163 Å².